The maximum Gasteiger partial charge on any atom is 0.247 e. The molecule has 0 amide bonds. The van der Waals surface area contributed by atoms with E-state index in [1.807, 2.05) is 0 Å². The Morgan fingerprint density at radius 1 is 1.48 bits per heavy atom. The first kappa shape index (κ1) is 15.8. The highest BCUT2D eigenvalue weighted by Crippen LogP contribution is 2.33. The molecule has 1 aliphatic carbocycles. The number of aliphatic hydroxyl groups excluding tert-OH is 1. The highest BCUT2D eigenvalue weighted by molar-refractivity contribution is 7.89. The van der Waals surface area contributed by atoms with Crippen LogP contribution in [0.5, 0.6) is 5.75 Å². The van der Waals surface area contributed by atoms with Crippen molar-refractivity contribution < 1.29 is 18.3 Å². The van der Waals surface area contributed by atoms with Gasteiger partial charge in [-0.15, -0.1) is 6.42 Å². The van der Waals surface area contributed by atoms with Crippen molar-refractivity contribution in [2.24, 2.45) is 5.92 Å². The summed E-state index contributed by atoms with van der Waals surface area (Å²) in [6.07, 6.45) is 7.37. The molecule has 21 heavy (non-hydrogen) atoms. The van der Waals surface area contributed by atoms with Gasteiger partial charge in [0.2, 0.25) is 10.0 Å². The Kier molecular flexibility index (Phi) is 4.88. The van der Waals surface area contributed by atoms with Crippen LogP contribution in [0.2, 0.25) is 0 Å². The van der Waals surface area contributed by atoms with E-state index in [1.54, 1.807) is 6.07 Å². The third-order valence-electron chi connectivity index (χ3n) is 3.45. The Morgan fingerprint density at radius 2 is 2.19 bits per heavy atom. The number of rotatable bonds is 7. The molecule has 1 aromatic carbocycles. The fourth-order valence-corrected chi connectivity index (χ4v) is 3.67. The molecule has 0 aromatic heterocycles. The van der Waals surface area contributed by atoms with Gasteiger partial charge in [-0.1, -0.05) is 12.0 Å². The van der Waals surface area contributed by atoms with Crippen molar-refractivity contribution in [2.75, 3.05) is 20.2 Å². The second-order valence-corrected chi connectivity index (χ2v) is 6.99. The van der Waals surface area contributed by atoms with Crippen molar-refractivity contribution >= 4 is 10.0 Å². The number of nitrogens with zero attached hydrogens (tertiary/aromatic N) is 1. The van der Waals surface area contributed by atoms with Crippen molar-refractivity contribution in [3.05, 3.63) is 23.8 Å². The first-order chi connectivity index (χ1) is 10.0. The van der Waals surface area contributed by atoms with Gasteiger partial charge in [-0.25, -0.2) is 8.42 Å². The number of hydrogen-bond acceptors (Lipinski definition) is 4. The quantitative estimate of drug-likeness (QED) is 0.769. The van der Waals surface area contributed by atoms with Gasteiger partial charge < -0.3 is 9.84 Å². The smallest absolute Gasteiger partial charge is 0.247 e. The van der Waals surface area contributed by atoms with Crippen LogP contribution >= 0.6 is 0 Å². The lowest BCUT2D eigenvalue weighted by atomic mass is 10.2. The molecule has 0 aliphatic heterocycles. The summed E-state index contributed by atoms with van der Waals surface area (Å²) in [5.41, 5.74) is 0.594. The molecule has 1 aromatic rings. The van der Waals surface area contributed by atoms with Crippen LogP contribution in [-0.4, -0.2) is 38.0 Å². The lowest BCUT2D eigenvalue weighted by molar-refractivity contribution is 0.280. The van der Waals surface area contributed by atoms with E-state index in [9.17, 15) is 8.42 Å². The van der Waals surface area contributed by atoms with Crippen LogP contribution in [0.4, 0.5) is 0 Å². The number of hydrogen-bond donors (Lipinski definition) is 1. The topological polar surface area (TPSA) is 66.8 Å². The summed E-state index contributed by atoms with van der Waals surface area (Å²) < 4.78 is 32.0. The fourth-order valence-electron chi connectivity index (χ4n) is 2.10. The van der Waals surface area contributed by atoms with Gasteiger partial charge in [-0.2, -0.15) is 4.31 Å². The van der Waals surface area contributed by atoms with Crippen molar-refractivity contribution in [3.8, 4) is 18.1 Å². The molecule has 2 rings (SSSR count). The maximum absolute atomic E-state index is 12.8. The van der Waals surface area contributed by atoms with Crippen LogP contribution in [0.15, 0.2) is 23.1 Å². The van der Waals surface area contributed by atoms with Crippen LogP contribution in [-0.2, 0) is 16.6 Å². The predicted molar refractivity (Wildman–Crippen MR) is 79.2 cm³/mol. The van der Waals surface area contributed by atoms with E-state index in [4.69, 9.17) is 16.3 Å². The van der Waals surface area contributed by atoms with Gasteiger partial charge in [0.15, 0.2) is 0 Å². The van der Waals surface area contributed by atoms with Crippen molar-refractivity contribution in [1.82, 2.24) is 4.31 Å². The van der Waals surface area contributed by atoms with E-state index in [-0.39, 0.29) is 23.8 Å². The molecular weight excluding hydrogens is 290 g/mol. The van der Waals surface area contributed by atoms with Crippen molar-refractivity contribution in [3.63, 3.8) is 0 Å². The molecule has 6 heteroatoms. The largest absolute Gasteiger partial charge is 0.495 e. The Labute approximate surface area is 125 Å². The molecule has 0 spiro atoms. The molecule has 5 nitrogen and oxygen atoms in total. The summed E-state index contributed by atoms with van der Waals surface area (Å²) in [6.45, 7) is 0.314. The van der Waals surface area contributed by atoms with Crippen LogP contribution in [0.3, 0.4) is 0 Å². The summed E-state index contributed by atoms with van der Waals surface area (Å²) in [4.78, 5) is 0.0816. The molecule has 1 N–H and O–H groups in total. The number of sulfonamides is 1. The third kappa shape index (κ3) is 3.56. The first-order valence-electron chi connectivity index (χ1n) is 6.74. The third-order valence-corrected chi connectivity index (χ3v) is 5.31. The molecule has 1 saturated carbocycles. The Morgan fingerprint density at radius 3 is 2.71 bits per heavy atom. The molecule has 1 aliphatic rings. The molecule has 0 bridgehead atoms. The second kappa shape index (κ2) is 6.48. The van der Waals surface area contributed by atoms with E-state index in [2.05, 4.69) is 5.92 Å². The van der Waals surface area contributed by atoms with E-state index in [0.717, 1.165) is 12.8 Å². The number of benzene rings is 1. The van der Waals surface area contributed by atoms with Crippen molar-refractivity contribution in [2.45, 2.75) is 24.3 Å². The minimum atomic E-state index is -3.70. The van der Waals surface area contributed by atoms with Crippen LogP contribution in [0.1, 0.15) is 18.4 Å². The minimum absolute atomic E-state index is 0.0454. The van der Waals surface area contributed by atoms with Crippen molar-refractivity contribution in [1.29, 1.82) is 0 Å². The Bertz CT molecular complexity index is 644. The standard InChI is InChI=1S/C15H19NO4S/c1-3-8-16(10-12-4-5-12)21(18,19)15-7-6-13(11-17)9-14(15)20-2/h1,6-7,9,12,17H,4-5,8,10-11H2,2H3. The normalized spacial score (nSPS) is 15.0. The minimum Gasteiger partial charge on any atom is -0.495 e. The molecular formula is C15H19NO4S. The monoisotopic (exact) mass is 309 g/mol. The zero-order valence-corrected chi connectivity index (χ0v) is 12.8. The average Bonchev–Trinajstić information content (AvgIpc) is 3.30. The van der Waals surface area contributed by atoms with E-state index in [0.29, 0.717) is 18.0 Å². The molecule has 0 radical (unpaired) electrons. The SMILES string of the molecule is C#CCN(CC1CC1)S(=O)(=O)c1ccc(CO)cc1OC. The van der Waals surface area contributed by atoms with Gasteiger partial charge in [0.1, 0.15) is 10.6 Å². The number of aliphatic hydroxyl groups is 1. The number of ether oxygens (including phenoxy) is 1. The molecule has 0 unspecified atom stereocenters. The van der Waals surface area contributed by atoms with Crippen LogP contribution < -0.4 is 4.74 Å². The van der Waals surface area contributed by atoms with E-state index >= 15 is 0 Å². The number of terminal acetylenes is 1. The summed E-state index contributed by atoms with van der Waals surface area (Å²) in [7, 11) is -2.30. The van der Waals surface area contributed by atoms with Gasteiger partial charge >= 0.3 is 0 Å². The predicted octanol–water partition coefficient (Wildman–Crippen LogP) is 1.22. The first-order valence-corrected chi connectivity index (χ1v) is 8.18. The van der Waals surface area contributed by atoms with Crippen LogP contribution in [0.25, 0.3) is 0 Å². The second-order valence-electron chi connectivity index (χ2n) is 5.09. The molecule has 1 fully saturated rings. The average molecular weight is 309 g/mol. The molecule has 0 atom stereocenters. The van der Waals surface area contributed by atoms with Gasteiger partial charge in [0.25, 0.3) is 0 Å². The zero-order chi connectivity index (χ0) is 15.5. The summed E-state index contributed by atoms with van der Waals surface area (Å²) >= 11 is 0. The molecule has 0 saturated heterocycles. The van der Waals surface area contributed by atoms with E-state index in [1.165, 1.54) is 23.5 Å². The van der Waals surface area contributed by atoms with Gasteiger partial charge in [-0.05, 0) is 36.5 Å². The summed E-state index contributed by atoms with van der Waals surface area (Å²) in [5, 5.41) is 9.13. The maximum atomic E-state index is 12.8. The van der Waals surface area contributed by atoms with Crippen LogP contribution in [0, 0.1) is 18.3 Å². The van der Waals surface area contributed by atoms with Gasteiger partial charge in [0, 0.05) is 6.54 Å². The van der Waals surface area contributed by atoms with Gasteiger partial charge in [-0.3, -0.25) is 0 Å². The zero-order valence-electron chi connectivity index (χ0n) is 11.9. The highest BCUT2D eigenvalue weighted by Gasteiger charge is 2.32. The lowest BCUT2D eigenvalue weighted by Crippen LogP contribution is -2.33. The number of methoxy groups -OCH3 is 1. The Balaban J connectivity index is 2.38. The molecule has 114 valence electrons. The highest BCUT2D eigenvalue weighted by atomic mass is 32.2. The fraction of sp³-hybridized carbons (Fsp3) is 0.467. The summed E-state index contributed by atoms with van der Waals surface area (Å²) in [6, 6.07) is 4.55. The summed E-state index contributed by atoms with van der Waals surface area (Å²) in [5.74, 6) is 3.02. The molecule has 0 heterocycles. The Hall–Kier alpha value is -1.55. The van der Waals surface area contributed by atoms with Gasteiger partial charge in [0.05, 0.1) is 20.3 Å². The lowest BCUT2D eigenvalue weighted by Gasteiger charge is -2.21. The van der Waals surface area contributed by atoms with E-state index < -0.39 is 10.0 Å².